The number of amides is 2. The van der Waals surface area contributed by atoms with Crippen LogP contribution in [0.4, 0.5) is 14.9 Å². The molecule has 2 aromatic carbocycles. The molecule has 5 N–H and O–H groups in total. The molecule has 1 saturated carbocycles. The number of urea groups is 1. The number of rotatable bonds is 6. The lowest BCUT2D eigenvalue weighted by molar-refractivity contribution is 0.256. The number of fused-ring (bicyclic) bond motifs is 2. The second-order valence-electron chi connectivity index (χ2n) is 9.43. The third kappa shape index (κ3) is 3.74. The number of aryl methyl sites for hydroxylation is 2. The van der Waals surface area contributed by atoms with Gasteiger partial charge in [0.05, 0.1) is 4.90 Å². The Hall–Kier alpha value is -2.29. The first-order valence-corrected chi connectivity index (χ1v) is 13.2. The van der Waals surface area contributed by atoms with Crippen LogP contribution in [0.3, 0.4) is 0 Å². The molecule has 2 amide bonds. The second-order valence-corrected chi connectivity index (χ2v) is 11.5. The van der Waals surface area contributed by atoms with E-state index in [4.69, 9.17) is 5.14 Å². The van der Waals surface area contributed by atoms with Crippen molar-refractivity contribution >= 4 is 22.0 Å². The minimum atomic E-state index is -3.94. The van der Waals surface area contributed by atoms with Crippen LogP contribution in [0.2, 0.25) is 0 Å². The summed E-state index contributed by atoms with van der Waals surface area (Å²) in [4.78, 5) is 12.7. The average Bonchev–Trinajstić information content (AvgIpc) is 3.14. The molecule has 0 bridgehead atoms. The maximum absolute atomic E-state index is 14.9. The normalized spacial score (nSPS) is 18.7. The highest BCUT2D eigenvalue weighted by molar-refractivity contribution is 7.99. The number of likely N-dealkylation sites (N-methyl/N-ethyl adjacent to an activating group) is 1. The zero-order chi connectivity index (χ0) is 22.5. The van der Waals surface area contributed by atoms with Gasteiger partial charge in [0.2, 0.25) is 0 Å². The Kier molecular flexibility index (Phi) is 5.34. The average molecular weight is 459 g/mol. The summed E-state index contributed by atoms with van der Waals surface area (Å²) in [5, 5.41) is 12.1. The zero-order valence-electron chi connectivity index (χ0n) is 18.4. The summed E-state index contributed by atoms with van der Waals surface area (Å²) in [5.41, 5.74) is 6.55. The molecule has 2 aromatic rings. The molecule has 5 rings (SSSR count). The van der Waals surface area contributed by atoms with Gasteiger partial charge in [0.15, 0.2) is 0 Å². The number of hydrogen-bond donors (Lipinski definition) is 5. The van der Waals surface area contributed by atoms with Gasteiger partial charge in [0.1, 0.15) is 5.82 Å². The molecule has 172 valence electrons. The Morgan fingerprint density at radius 1 is 1.09 bits per heavy atom. The van der Waals surface area contributed by atoms with Crippen molar-refractivity contribution in [3.8, 4) is 0 Å². The second kappa shape index (κ2) is 7.93. The van der Waals surface area contributed by atoms with Crippen molar-refractivity contribution in [3.05, 3.63) is 57.9 Å². The fourth-order valence-corrected chi connectivity index (χ4v) is 6.64. The van der Waals surface area contributed by atoms with Gasteiger partial charge in [0, 0.05) is 28.0 Å². The van der Waals surface area contributed by atoms with Crippen LogP contribution in [0, 0.1) is 5.82 Å². The van der Waals surface area contributed by atoms with Crippen molar-refractivity contribution in [3.63, 3.8) is 0 Å². The Morgan fingerprint density at radius 2 is 1.75 bits per heavy atom. The van der Waals surface area contributed by atoms with E-state index in [1.807, 2.05) is 7.05 Å². The molecule has 1 fully saturated rings. The minimum Gasteiger partial charge on any atom is -0.319 e. The van der Waals surface area contributed by atoms with Gasteiger partial charge in [-0.2, -0.15) is 0 Å². The maximum atomic E-state index is 14.9. The van der Waals surface area contributed by atoms with E-state index in [0.717, 1.165) is 69.2 Å². The van der Waals surface area contributed by atoms with Gasteiger partial charge < -0.3 is 10.6 Å². The number of nitrogens with two attached hydrogens (primary N) is 1. The highest BCUT2D eigenvalue weighted by Gasteiger charge is 2.44. The molecule has 0 saturated heterocycles. The molecule has 0 aromatic heterocycles. The smallest absolute Gasteiger partial charge is 0.319 e. The lowest BCUT2D eigenvalue weighted by Gasteiger charge is -2.24. The number of halogens is 1. The molecule has 0 aliphatic heterocycles. The summed E-state index contributed by atoms with van der Waals surface area (Å²) in [6.07, 6.45) is 7.97. The van der Waals surface area contributed by atoms with Crippen molar-refractivity contribution < 1.29 is 13.4 Å². The quantitative estimate of drug-likeness (QED) is 0.431. The Bertz CT molecular complexity index is 1110. The summed E-state index contributed by atoms with van der Waals surface area (Å²) in [6.45, 7) is 0.762. The Labute approximate surface area is 189 Å². The SMILES string of the molecule is CNCC1(c2ccc([SH](N)(=O)NC(=O)Nc3c4c(cc5c3CCC5)CCC4)c(F)c2)CC1. The van der Waals surface area contributed by atoms with E-state index in [1.54, 1.807) is 6.07 Å². The Balaban J connectivity index is 1.36. The summed E-state index contributed by atoms with van der Waals surface area (Å²) in [6, 6.07) is 6.27. The van der Waals surface area contributed by atoms with E-state index < -0.39 is 22.2 Å². The minimum absolute atomic E-state index is 0.0639. The molecule has 0 atom stereocenters. The molecular formula is C24H31FN4O2S. The first kappa shape index (κ1) is 21.6. The Morgan fingerprint density at radius 3 is 2.31 bits per heavy atom. The number of benzene rings is 2. The van der Waals surface area contributed by atoms with Gasteiger partial charge in [-0.05, 0) is 98.4 Å². The number of nitrogens with one attached hydrogen (secondary N) is 3. The molecule has 3 aliphatic rings. The first-order valence-electron chi connectivity index (χ1n) is 11.4. The number of hydrogen-bond acceptors (Lipinski definition) is 3. The summed E-state index contributed by atoms with van der Waals surface area (Å²) in [5.74, 6) is -0.641. The largest absolute Gasteiger partial charge is 0.330 e. The fraction of sp³-hybridized carbons (Fsp3) is 0.458. The topological polar surface area (TPSA) is 96.2 Å². The van der Waals surface area contributed by atoms with E-state index in [9.17, 15) is 13.4 Å². The van der Waals surface area contributed by atoms with Crippen LogP contribution in [0.5, 0.6) is 0 Å². The number of carbonyl (C=O) groups excluding carboxylic acids is 1. The number of carbonyl (C=O) groups is 1. The van der Waals surface area contributed by atoms with Gasteiger partial charge in [-0.25, -0.2) is 13.4 Å². The molecule has 3 aliphatic carbocycles. The monoisotopic (exact) mass is 458 g/mol. The molecule has 0 unspecified atom stereocenters. The van der Waals surface area contributed by atoms with Crippen molar-refractivity contribution in [1.29, 1.82) is 0 Å². The van der Waals surface area contributed by atoms with Crippen molar-refractivity contribution in [2.24, 2.45) is 5.14 Å². The van der Waals surface area contributed by atoms with Crippen LogP contribution < -0.4 is 20.5 Å². The summed E-state index contributed by atoms with van der Waals surface area (Å²) in [7, 11) is -2.06. The van der Waals surface area contributed by atoms with Crippen LogP contribution in [-0.2, 0) is 41.4 Å². The predicted octanol–water partition coefficient (Wildman–Crippen LogP) is 3.04. The molecular weight excluding hydrogens is 427 g/mol. The van der Waals surface area contributed by atoms with Crippen LogP contribution in [0.15, 0.2) is 29.2 Å². The molecule has 0 heterocycles. The third-order valence-corrected chi connectivity index (χ3v) is 8.88. The fourth-order valence-electron chi connectivity index (χ4n) is 5.48. The molecule has 8 heteroatoms. The summed E-state index contributed by atoms with van der Waals surface area (Å²) >= 11 is 0. The van der Waals surface area contributed by atoms with E-state index in [0.29, 0.717) is 0 Å². The zero-order valence-corrected chi connectivity index (χ0v) is 19.3. The molecule has 6 nitrogen and oxygen atoms in total. The lowest BCUT2D eigenvalue weighted by Crippen LogP contribution is -2.45. The van der Waals surface area contributed by atoms with Crippen LogP contribution in [0.1, 0.15) is 53.5 Å². The van der Waals surface area contributed by atoms with Crippen LogP contribution in [-0.4, -0.2) is 23.8 Å². The van der Waals surface area contributed by atoms with E-state index in [2.05, 4.69) is 21.4 Å². The van der Waals surface area contributed by atoms with E-state index in [1.165, 1.54) is 34.4 Å². The highest BCUT2D eigenvalue weighted by Crippen LogP contribution is 2.48. The molecule has 0 radical (unpaired) electrons. The molecule has 32 heavy (non-hydrogen) atoms. The van der Waals surface area contributed by atoms with E-state index in [-0.39, 0.29) is 10.3 Å². The lowest BCUT2D eigenvalue weighted by atomic mass is 9.96. The third-order valence-electron chi connectivity index (χ3n) is 7.27. The van der Waals surface area contributed by atoms with Gasteiger partial charge in [-0.15, -0.1) is 0 Å². The van der Waals surface area contributed by atoms with Gasteiger partial charge in [-0.1, -0.05) is 12.1 Å². The van der Waals surface area contributed by atoms with Crippen LogP contribution >= 0.6 is 0 Å². The van der Waals surface area contributed by atoms with E-state index >= 15 is 0 Å². The van der Waals surface area contributed by atoms with Gasteiger partial charge >= 0.3 is 6.03 Å². The summed E-state index contributed by atoms with van der Waals surface area (Å²) < 4.78 is 30.5. The van der Waals surface area contributed by atoms with Crippen molar-refractivity contribution in [2.75, 3.05) is 18.9 Å². The first-order chi connectivity index (χ1) is 15.3. The van der Waals surface area contributed by atoms with Crippen molar-refractivity contribution in [1.82, 2.24) is 10.0 Å². The van der Waals surface area contributed by atoms with Crippen molar-refractivity contribution in [2.45, 2.75) is 61.7 Å². The standard InChI is InChI=1S/C24H31FN4O2S/c1-27-14-24(10-11-24)17-8-9-21(20(25)13-17)32(26,31)29-23(30)28-22-18-6-2-4-15(18)12-16-5-3-7-19(16)22/h8-9,12-13,27,32H,2-7,10-11,14H2,1H3,(H4,26,28,29,30,31). The number of thiol groups is 1. The highest BCUT2D eigenvalue weighted by atomic mass is 32.3. The van der Waals surface area contributed by atoms with Crippen LogP contribution in [0.25, 0.3) is 0 Å². The maximum Gasteiger partial charge on any atom is 0.330 e. The van der Waals surface area contributed by atoms with Gasteiger partial charge in [0.25, 0.3) is 0 Å². The van der Waals surface area contributed by atoms with Gasteiger partial charge in [-0.3, -0.25) is 9.86 Å². The predicted molar refractivity (Wildman–Crippen MR) is 126 cm³/mol. The molecule has 0 spiro atoms. The number of anilines is 1.